The molecule has 1 unspecified atom stereocenters. The molecule has 1 aromatic rings. The van der Waals surface area contributed by atoms with Crippen molar-refractivity contribution in [3.05, 3.63) is 28.8 Å². The number of rotatable bonds is 3. The number of carbonyl (C=O) groups is 1. The summed E-state index contributed by atoms with van der Waals surface area (Å²) in [6.07, 6.45) is 3.27. The van der Waals surface area contributed by atoms with E-state index in [1.54, 1.807) is 6.07 Å². The maximum Gasteiger partial charge on any atom is 0.151 e. The largest absolute Gasteiger partial charge is 0.368 e. The Hall–Kier alpha value is -1.02. The van der Waals surface area contributed by atoms with Gasteiger partial charge in [-0.3, -0.25) is 4.79 Å². The van der Waals surface area contributed by atoms with Crippen LogP contribution >= 0.6 is 11.6 Å². The molecule has 0 radical (unpaired) electrons. The van der Waals surface area contributed by atoms with Gasteiger partial charge in [0.2, 0.25) is 0 Å². The van der Waals surface area contributed by atoms with Crippen LogP contribution < -0.4 is 4.90 Å². The lowest BCUT2D eigenvalue weighted by atomic mass is 10.0. The van der Waals surface area contributed by atoms with Gasteiger partial charge < -0.3 is 4.90 Å². The van der Waals surface area contributed by atoms with Crippen molar-refractivity contribution in [2.24, 2.45) is 5.92 Å². The number of hydrogen-bond acceptors (Lipinski definition) is 2. The third-order valence-electron chi connectivity index (χ3n) is 3.51. The van der Waals surface area contributed by atoms with Crippen LogP contribution in [0, 0.1) is 5.92 Å². The molecule has 2 rings (SSSR count). The lowest BCUT2D eigenvalue weighted by Crippen LogP contribution is -2.33. The highest BCUT2D eigenvalue weighted by Crippen LogP contribution is 2.31. The summed E-state index contributed by atoms with van der Waals surface area (Å²) in [6.45, 7) is 5.59. The minimum atomic E-state index is 0.548. The van der Waals surface area contributed by atoms with E-state index in [0.717, 1.165) is 18.5 Å². The van der Waals surface area contributed by atoms with E-state index in [1.165, 1.54) is 12.8 Å². The van der Waals surface area contributed by atoms with Crippen LogP contribution in [0.5, 0.6) is 0 Å². The zero-order valence-corrected chi connectivity index (χ0v) is 11.1. The number of carbonyl (C=O) groups excluding carboxylic acids is 1. The first-order valence-electron chi connectivity index (χ1n) is 6.15. The number of aldehydes is 1. The molecule has 0 bridgehead atoms. The van der Waals surface area contributed by atoms with Gasteiger partial charge in [0.15, 0.2) is 6.29 Å². The molecule has 0 aliphatic carbocycles. The molecule has 1 saturated heterocycles. The summed E-state index contributed by atoms with van der Waals surface area (Å²) in [6, 6.07) is 6.30. The minimum Gasteiger partial charge on any atom is -0.368 e. The standard InChI is InChI=1S/C14H18ClNO/c1-10(2)14-4-3-7-16(14)12-6-5-11(9-17)13(15)8-12/h5-6,8-10,14H,3-4,7H2,1-2H3. The van der Waals surface area contributed by atoms with Crippen LogP contribution in [0.25, 0.3) is 0 Å². The SMILES string of the molecule is CC(C)C1CCCN1c1ccc(C=O)c(Cl)c1. The Balaban J connectivity index is 2.27. The van der Waals surface area contributed by atoms with Crippen molar-refractivity contribution in [2.45, 2.75) is 32.7 Å². The van der Waals surface area contributed by atoms with Gasteiger partial charge in [-0.25, -0.2) is 0 Å². The molecule has 3 heteroatoms. The summed E-state index contributed by atoms with van der Waals surface area (Å²) in [5, 5.41) is 0.548. The second-order valence-corrected chi connectivity index (χ2v) is 5.38. The average Bonchev–Trinajstić information content (AvgIpc) is 2.77. The molecule has 1 atom stereocenters. The summed E-state index contributed by atoms with van der Waals surface area (Å²) in [5.41, 5.74) is 1.70. The van der Waals surface area contributed by atoms with Crippen LogP contribution in [-0.4, -0.2) is 18.9 Å². The topological polar surface area (TPSA) is 20.3 Å². The van der Waals surface area contributed by atoms with Crippen molar-refractivity contribution in [2.75, 3.05) is 11.4 Å². The molecule has 1 aliphatic heterocycles. The fourth-order valence-electron chi connectivity index (χ4n) is 2.60. The van der Waals surface area contributed by atoms with Crippen LogP contribution in [-0.2, 0) is 0 Å². The molecule has 1 heterocycles. The third kappa shape index (κ3) is 2.47. The molecule has 0 amide bonds. The maximum atomic E-state index is 10.7. The van der Waals surface area contributed by atoms with Crippen LogP contribution in [0.15, 0.2) is 18.2 Å². The van der Waals surface area contributed by atoms with Crippen molar-refractivity contribution in [1.29, 1.82) is 0 Å². The van der Waals surface area contributed by atoms with Crippen molar-refractivity contribution in [3.8, 4) is 0 Å². The Labute approximate surface area is 108 Å². The lowest BCUT2D eigenvalue weighted by molar-refractivity contribution is 0.112. The molecule has 1 fully saturated rings. The number of anilines is 1. The van der Waals surface area contributed by atoms with Gasteiger partial charge in [-0.05, 0) is 37.0 Å². The Bertz CT molecular complexity index is 417. The molecule has 92 valence electrons. The normalized spacial score (nSPS) is 20.0. The van der Waals surface area contributed by atoms with Gasteiger partial charge in [-0.15, -0.1) is 0 Å². The second-order valence-electron chi connectivity index (χ2n) is 4.97. The van der Waals surface area contributed by atoms with Crippen LogP contribution in [0.4, 0.5) is 5.69 Å². The molecule has 2 nitrogen and oxygen atoms in total. The summed E-state index contributed by atoms with van der Waals surface area (Å²) < 4.78 is 0. The molecule has 1 aromatic carbocycles. The summed E-state index contributed by atoms with van der Waals surface area (Å²) in [4.78, 5) is 13.1. The van der Waals surface area contributed by atoms with Crippen LogP contribution in [0.3, 0.4) is 0 Å². The van der Waals surface area contributed by atoms with E-state index in [-0.39, 0.29) is 0 Å². The molecule has 0 aromatic heterocycles. The number of halogens is 1. The van der Waals surface area contributed by atoms with Crippen molar-refractivity contribution >= 4 is 23.6 Å². The first-order valence-corrected chi connectivity index (χ1v) is 6.52. The third-order valence-corrected chi connectivity index (χ3v) is 3.84. The first-order chi connectivity index (χ1) is 8.13. The highest BCUT2D eigenvalue weighted by atomic mass is 35.5. The molecule has 0 N–H and O–H groups in total. The molecule has 0 saturated carbocycles. The average molecular weight is 252 g/mol. The van der Waals surface area contributed by atoms with Crippen LogP contribution in [0.1, 0.15) is 37.0 Å². The summed E-state index contributed by atoms with van der Waals surface area (Å²) in [7, 11) is 0. The Morgan fingerprint density at radius 1 is 1.47 bits per heavy atom. The predicted octanol–water partition coefficient (Wildman–Crippen LogP) is 3.78. The van der Waals surface area contributed by atoms with Gasteiger partial charge >= 0.3 is 0 Å². The van der Waals surface area contributed by atoms with Gasteiger partial charge in [0, 0.05) is 23.8 Å². The molecule has 0 spiro atoms. The molecular formula is C14H18ClNO. The fraction of sp³-hybridized carbons (Fsp3) is 0.500. The van der Waals surface area contributed by atoms with Gasteiger partial charge in [0.25, 0.3) is 0 Å². The van der Waals surface area contributed by atoms with E-state index in [0.29, 0.717) is 22.5 Å². The Morgan fingerprint density at radius 2 is 2.24 bits per heavy atom. The van der Waals surface area contributed by atoms with Crippen molar-refractivity contribution in [3.63, 3.8) is 0 Å². The number of nitrogens with zero attached hydrogens (tertiary/aromatic N) is 1. The zero-order chi connectivity index (χ0) is 12.4. The summed E-state index contributed by atoms with van der Waals surface area (Å²) in [5.74, 6) is 0.641. The quantitative estimate of drug-likeness (QED) is 0.762. The fourth-order valence-corrected chi connectivity index (χ4v) is 2.82. The van der Waals surface area contributed by atoms with Gasteiger partial charge in [-0.1, -0.05) is 25.4 Å². The van der Waals surface area contributed by atoms with E-state index in [4.69, 9.17) is 11.6 Å². The minimum absolute atomic E-state index is 0.548. The summed E-state index contributed by atoms with van der Waals surface area (Å²) >= 11 is 6.08. The van der Waals surface area contributed by atoms with E-state index in [2.05, 4.69) is 18.7 Å². The smallest absolute Gasteiger partial charge is 0.151 e. The first kappa shape index (κ1) is 12.4. The Kier molecular flexibility index (Phi) is 3.72. The van der Waals surface area contributed by atoms with Crippen LogP contribution in [0.2, 0.25) is 5.02 Å². The predicted molar refractivity (Wildman–Crippen MR) is 72.0 cm³/mol. The zero-order valence-electron chi connectivity index (χ0n) is 10.3. The second kappa shape index (κ2) is 5.09. The van der Waals surface area contributed by atoms with Crippen molar-refractivity contribution < 1.29 is 4.79 Å². The number of benzene rings is 1. The lowest BCUT2D eigenvalue weighted by Gasteiger charge is -2.30. The van der Waals surface area contributed by atoms with E-state index < -0.39 is 0 Å². The molecule has 17 heavy (non-hydrogen) atoms. The van der Waals surface area contributed by atoms with E-state index >= 15 is 0 Å². The Morgan fingerprint density at radius 3 is 2.82 bits per heavy atom. The maximum absolute atomic E-state index is 10.7. The number of hydrogen-bond donors (Lipinski definition) is 0. The molecular weight excluding hydrogens is 234 g/mol. The van der Waals surface area contributed by atoms with Gasteiger partial charge in [-0.2, -0.15) is 0 Å². The highest BCUT2D eigenvalue weighted by Gasteiger charge is 2.27. The molecule has 1 aliphatic rings. The van der Waals surface area contributed by atoms with Crippen molar-refractivity contribution in [1.82, 2.24) is 0 Å². The highest BCUT2D eigenvalue weighted by molar-refractivity contribution is 6.33. The van der Waals surface area contributed by atoms with E-state index in [1.807, 2.05) is 12.1 Å². The van der Waals surface area contributed by atoms with Gasteiger partial charge in [0.1, 0.15) is 0 Å². The monoisotopic (exact) mass is 251 g/mol. The van der Waals surface area contributed by atoms with E-state index in [9.17, 15) is 4.79 Å². The van der Waals surface area contributed by atoms with Gasteiger partial charge in [0.05, 0.1) is 5.02 Å².